The van der Waals surface area contributed by atoms with E-state index < -0.39 is 0 Å². The molecule has 1 aromatic rings. The van der Waals surface area contributed by atoms with Crippen LogP contribution < -0.4 is 0 Å². The lowest BCUT2D eigenvalue weighted by Gasteiger charge is -1.88. The standard InChI is InChI=1S/C3H4N2S6/c6-10-8-2-1-4-3(5-2)9-11-7/h1,6-7H,(H,4,5). The SMILES string of the molecule is SSSc1cnc(SSS)[nH]1. The second-order valence-electron chi connectivity index (χ2n) is 1.37. The quantitative estimate of drug-likeness (QED) is 0.569. The van der Waals surface area contributed by atoms with E-state index in [1.807, 2.05) is 0 Å². The average Bonchev–Trinajstić information content (AvgIpc) is 2.38. The summed E-state index contributed by atoms with van der Waals surface area (Å²) in [6, 6.07) is 0. The van der Waals surface area contributed by atoms with E-state index in [1.54, 1.807) is 6.20 Å². The molecule has 1 N–H and O–H groups in total. The molecule has 0 amide bonds. The number of aromatic amines is 1. The van der Waals surface area contributed by atoms with E-state index in [4.69, 9.17) is 0 Å². The minimum atomic E-state index is 0.870. The summed E-state index contributed by atoms with van der Waals surface area (Å²) in [5.41, 5.74) is 0. The van der Waals surface area contributed by atoms with Crippen LogP contribution in [-0.4, -0.2) is 9.97 Å². The molecule has 0 aliphatic heterocycles. The number of H-pyrrole nitrogens is 1. The van der Waals surface area contributed by atoms with Crippen molar-refractivity contribution in [2.75, 3.05) is 0 Å². The van der Waals surface area contributed by atoms with Crippen molar-refractivity contribution < 1.29 is 0 Å². The molecule has 0 unspecified atom stereocenters. The second kappa shape index (κ2) is 5.87. The van der Waals surface area contributed by atoms with E-state index >= 15 is 0 Å². The molecule has 11 heavy (non-hydrogen) atoms. The van der Waals surface area contributed by atoms with Gasteiger partial charge in [-0.2, -0.15) is 0 Å². The van der Waals surface area contributed by atoms with Crippen LogP contribution in [0.1, 0.15) is 0 Å². The molecule has 1 aromatic heterocycles. The molecular weight excluding hydrogens is 256 g/mol. The minimum absolute atomic E-state index is 0.870. The van der Waals surface area contributed by atoms with Gasteiger partial charge in [0.05, 0.1) is 6.20 Å². The number of thiol groups is 2. The van der Waals surface area contributed by atoms with Crippen LogP contribution in [0.15, 0.2) is 16.4 Å². The number of nitrogens with one attached hydrogen (secondary N) is 1. The van der Waals surface area contributed by atoms with Crippen LogP contribution in [0.25, 0.3) is 0 Å². The first-order valence-corrected chi connectivity index (χ1v) is 8.78. The predicted molar refractivity (Wildman–Crippen MR) is 63.5 cm³/mol. The molecule has 1 heterocycles. The first-order chi connectivity index (χ1) is 5.36. The minimum Gasteiger partial charge on any atom is -0.327 e. The van der Waals surface area contributed by atoms with E-state index in [1.165, 1.54) is 41.2 Å². The summed E-state index contributed by atoms with van der Waals surface area (Å²) in [6.07, 6.45) is 1.78. The third kappa shape index (κ3) is 3.69. The molecule has 8 heteroatoms. The maximum atomic E-state index is 4.09. The van der Waals surface area contributed by atoms with Gasteiger partial charge in [-0.15, -0.1) is 0 Å². The maximum absolute atomic E-state index is 4.09. The average molecular weight is 260 g/mol. The summed E-state index contributed by atoms with van der Waals surface area (Å²) in [6.45, 7) is 0. The lowest BCUT2D eigenvalue weighted by Crippen LogP contribution is -1.67. The first-order valence-electron chi connectivity index (χ1n) is 2.38. The van der Waals surface area contributed by atoms with E-state index in [9.17, 15) is 0 Å². The third-order valence-corrected chi connectivity index (χ3v) is 4.48. The van der Waals surface area contributed by atoms with E-state index in [2.05, 4.69) is 33.3 Å². The summed E-state index contributed by atoms with van der Waals surface area (Å²) in [5.74, 6) is 0. The summed E-state index contributed by atoms with van der Waals surface area (Å²) < 4.78 is 0. The van der Waals surface area contributed by atoms with Gasteiger partial charge in [0, 0.05) is 0 Å². The van der Waals surface area contributed by atoms with Crippen molar-refractivity contribution in [2.45, 2.75) is 10.2 Å². The first kappa shape index (κ1) is 10.4. The predicted octanol–water partition coefficient (Wildman–Crippen LogP) is 3.58. The van der Waals surface area contributed by atoms with Gasteiger partial charge in [-0.05, 0) is 41.2 Å². The van der Waals surface area contributed by atoms with Crippen molar-refractivity contribution in [3.63, 3.8) is 0 Å². The molecule has 0 saturated carbocycles. The van der Waals surface area contributed by atoms with Crippen molar-refractivity contribution in [1.29, 1.82) is 0 Å². The summed E-state index contributed by atoms with van der Waals surface area (Å²) in [5, 5.41) is 1.88. The van der Waals surface area contributed by atoms with E-state index in [-0.39, 0.29) is 0 Å². The van der Waals surface area contributed by atoms with Crippen molar-refractivity contribution in [1.82, 2.24) is 9.97 Å². The fourth-order valence-electron chi connectivity index (χ4n) is 0.447. The highest BCUT2D eigenvalue weighted by atomic mass is 33.5. The molecule has 0 spiro atoms. The zero-order chi connectivity index (χ0) is 8.10. The molecule has 0 aliphatic carbocycles. The Labute approximate surface area is 90.3 Å². The van der Waals surface area contributed by atoms with Crippen LogP contribution in [0.2, 0.25) is 0 Å². The summed E-state index contributed by atoms with van der Waals surface area (Å²) in [7, 11) is 5.79. The Morgan fingerprint density at radius 1 is 1.27 bits per heavy atom. The van der Waals surface area contributed by atoms with Gasteiger partial charge in [0.2, 0.25) is 0 Å². The lowest BCUT2D eigenvalue weighted by molar-refractivity contribution is 1.03. The zero-order valence-electron chi connectivity index (χ0n) is 5.05. The number of aromatic nitrogens is 2. The van der Waals surface area contributed by atoms with Crippen molar-refractivity contribution in [3.05, 3.63) is 6.20 Å². The smallest absolute Gasteiger partial charge is 0.177 e. The number of rotatable bonds is 4. The Balaban J connectivity index is 2.51. The molecule has 0 saturated heterocycles. The van der Waals surface area contributed by atoms with Crippen LogP contribution in [0.5, 0.6) is 0 Å². The normalized spacial score (nSPS) is 10.4. The van der Waals surface area contributed by atoms with Crippen LogP contribution in [0.4, 0.5) is 0 Å². The van der Waals surface area contributed by atoms with Crippen molar-refractivity contribution in [2.24, 2.45) is 0 Å². The van der Waals surface area contributed by atoms with Gasteiger partial charge in [0.1, 0.15) is 5.03 Å². The highest BCUT2D eigenvalue weighted by molar-refractivity contribution is 9.05. The number of nitrogens with zero attached hydrogens (tertiary/aromatic N) is 1. The molecule has 0 fully saturated rings. The summed E-state index contributed by atoms with van der Waals surface area (Å²) >= 11 is 7.98. The van der Waals surface area contributed by atoms with Gasteiger partial charge in [0.25, 0.3) is 0 Å². The molecule has 0 atom stereocenters. The van der Waals surface area contributed by atoms with E-state index in [0.29, 0.717) is 0 Å². The van der Waals surface area contributed by atoms with Crippen LogP contribution >= 0.6 is 64.6 Å². The molecule has 0 bridgehead atoms. The van der Waals surface area contributed by atoms with Crippen molar-refractivity contribution in [3.8, 4) is 0 Å². The largest absolute Gasteiger partial charge is 0.327 e. The zero-order valence-corrected chi connectivity index (χ0v) is 10.1. The summed E-state index contributed by atoms with van der Waals surface area (Å²) in [4.78, 5) is 7.18. The van der Waals surface area contributed by atoms with E-state index in [0.717, 1.165) is 10.2 Å². The lowest BCUT2D eigenvalue weighted by atomic mass is 11.0. The number of hydrogen-bond donors (Lipinski definition) is 3. The molecule has 0 radical (unpaired) electrons. The van der Waals surface area contributed by atoms with Gasteiger partial charge in [-0.1, -0.05) is 23.3 Å². The monoisotopic (exact) mass is 260 g/mol. The fraction of sp³-hybridized carbons (Fsp3) is 0. The molecule has 1 rings (SSSR count). The molecule has 62 valence electrons. The molecule has 0 aliphatic rings. The van der Waals surface area contributed by atoms with Crippen LogP contribution in [-0.2, 0) is 0 Å². The van der Waals surface area contributed by atoms with Gasteiger partial charge in [-0.25, -0.2) is 4.98 Å². The van der Waals surface area contributed by atoms with Crippen molar-refractivity contribution >= 4 is 64.6 Å². The van der Waals surface area contributed by atoms with Gasteiger partial charge < -0.3 is 4.98 Å². The van der Waals surface area contributed by atoms with Gasteiger partial charge in [-0.3, -0.25) is 0 Å². The van der Waals surface area contributed by atoms with Gasteiger partial charge >= 0.3 is 0 Å². The Hall–Kier alpha value is 1.31. The third-order valence-electron chi connectivity index (χ3n) is 0.772. The topological polar surface area (TPSA) is 28.7 Å². The van der Waals surface area contributed by atoms with Gasteiger partial charge in [0.15, 0.2) is 5.16 Å². The molecule has 0 aromatic carbocycles. The van der Waals surface area contributed by atoms with Crippen LogP contribution in [0, 0.1) is 0 Å². The Bertz CT molecular complexity index is 191. The molecular formula is C3H4N2S6. The fourth-order valence-corrected chi connectivity index (χ4v) is 3.46. The Morgan fingerprint density at radius 2 is 2.00 bits per heavy atom. The Kier molecular flexibility index (Phi) is 5.55. The number of hydrogen-bond acceptors (Lipinski definition) is 7. The highest BCUT2D eigenvalue weighted by Gasteiger charge is 2.00. The highest BCUT2D eigenvalue weighted by Crippen LogP contribution is 2.36. The Morgan fingerprint density at radius 3 is 2.64 bits per heavy atom. The second-order valence-corrected chi connectivity index (χ2v) is 7.40. The molecule has 2 nitrogen and oxygen atoms in total. The number of imidazole rings is 1. The van der Waals surface area contributed by atoms with Crippen LogP contribution in [0.3, 0.4) is 0 Å². The maximum Gasteiger partial charge on any atom is 0.177 e.